The number of hydrogen-bond acceptors (Lipinski definition) is 6. The van der Waals surface area contributed by atoms with Crippen LogP contribution in [0.25, 0.3) is 0 Å². The minimum atomic E-state index is -0.510. The number of carbonyl (C=O) groups excluding carboxylic acids is 2. The normalized spacial score (nSPS) is 19.6. The number of nitrogens with one attached hydrogen (secondary N) is 1. The highest BCUT2D eigenvalue weighted by Crippen LogP contribution is 2.29. The summed E-state index contributed by atoms with van der Waals surface area (Å²) in [6.45, 7) is 4.92. The molecule has 3 heterocycles. The second kappa shape index (κ2) is 12.9. The van der Waals surface area contributed by atoms with Gasteiger partial charge in [-0.1, -0.05) is 42.5 Å². The molecule has 0 spiro atoms. The summed E-state index contributed by atoms with van der Waals surface area (Å²) in [6.07, 6.45) is 4.75. The molecule has 8 nitrogen and oxygen atoms in total. The van der Waals surface area contributed by atoms with Crippen molar-refractivity contribution in [3.8, 4) is 5.75 Å². The van der Waals surface area contributed by atoms with Crippen LogP contribution in [0, 0.1) is 0 Å². The van der Waals surface area contributed by atoms with E-state index in [1.54, 1.807) is 36.5 Å². The summed E-state index contributed by atoms with van der Waals surface area (Å²) in [6, 6.07) is 21.5. The number of pyridine rings is 1. The largest absolute Gasteiger partial charge is 0.497 e. The molecule has 0 radical (unpaired) electrons. The first-order valence-electron chi connectivity index (χ1n) is 13.7. The van der Waals surface area contributed by atoms with Gasteiger partial charge in [0.05, 0.1) is 12.7 Å². The highest BCUT2D eigenvalue weighted by atomic mass is 16.5. The Bertz CT molecular complexity index is 1230. The maximum absolute atomic E-state index is 13.9. The molecule has 2 atom stereocenters. The predicted octanol–water partition coefficient (Wildman–Crippen LogP) is 3.20. The van der Waals surface area contributed by atoms with E-state index in [1.165, 1.54) is 5.56 Å². The number of rotatable bonds is 8. The van der Waals surface area contributed by atoms with E-state index in [9.17, 15) is 9.59 Å². The Morgan fingerprint density at radius 1 is 1.00 bits per heavy atom. The molecule has 8 heteroatoms. The van der Waals surface area contributed by atoms with Gasteiger partial charge in [-0.25, -0.2) is 0 Å². The molecule has 2 amide bonds. The van der Waals surface area contributed by atoms with Crippen molar-refractivity contribution in [2.45, 2.75) is 38.0 Å². The van der Waals surface area contributed by atoms with Crippen LogP contribution >= 0.6 is 0 Å². The van der Waals surface area contributed by atoms with Gasteiger partial charge < -0.3 is 19.9 Å². The Kier molecular flexibility index (Phi) is 8.85. The molecule has 1 N–H and O–H groups in total. The minimum Gasteiger partial charge on any atom is -0.497 e. The second-order valence-corrected chi connectivity index (χ2v) is 10.3. The molecule has 2 aliphatic rings. The first kappa shape index (κ1) is 26.8. The Morgan fingerprint density at radius 3 is 2.62 bits per heavy atom. The third kappa shape index (κ3) is 6.64. The van der Waals surface area contributed by atoms with Gasteiger partial charge >= 0.3 is 0 Å². The Hall–Kier alpha value is -3.75. The van der Waals surface area contributed by atoms with Crippen LogP contribution in [-0.4, -0.2) is 83.4 Å². The van der Waals surface area contributed by atoms with Crippen molar-refractivity contribution in [1.29, 1.82) is 0 Å². The van der Waals surface area contributed by atoms with Crippen molar-refractivity contribution in [2.24, 2.45) is 0 Å². The summed E-state index contributed by atoms with van der Waals surface area (Å²) >= 11 is 0. The van der Waals surface area contributed by atoms with Gasteiger partial charge in [0.15, 0.2) is 0 Å². The number of nitrogens with zero attached hydrogens (tertiary/aromatic N) is 4. The molecule has 2 saturated heterocycles. The zero-order valence-corrected chi connectivity index (χ0v) is 22.5. The fraction of sp³-hybridized carbons (Fsp3) is 0.387. The van der Waals surface area contributed by atoms with E-state index in [0.717, 1.165) is 30.8 Å². The van der Waals surface area contributed by atoms with E-state index in [1.807, 2.05) is 35.2 Å². The van der Waals surface area contributed by atoms with Gasteiger partial charge in [-0.3, -0.25) is 19.5 Å². The van der Waals surface area contributed by atoms with Crippen LogP contribution in [0.1, 0.15) is 34.3 Å². The van der Waals surface area contributed by atoms with Crippen LogP contribution in [0.5, 0.6) is 5.75 Å². The molecule has 3 aromatic rings. The Morgan fingerprint density at radius 2 is 1.82 bits per heavy atom. The fourth-order valence-corrected chi connectivity index (χ4v) is 5.61. The quantitative estimate of drug-likeness (QED) is 0.485. The summed E-state index contributed by atoms with van der Waals surface area (Å²) in [5, 5.41) is 3.37. The average Bonchev–Trinajstić information content (AvgIpc) is 3.25. The van der Waals surface area contributed by atoms with E-state index >= 15 is 0 Å². The maximum Gasteiger partial charge on any atom is 0.256 e. The SMILES string of the molecule is COc1cccc(CN(Cc2ccccc2)C2CC(C(=O)N3CCCNCC3)N(C(=O)c3cccnc3)C2)c1. The molecule has 0 saturated carbocycles. The predicted molar refractivity (Wildman–Crippen MR) is 150 cm³/mol. The molecule has 0 aliphatic carbocycles. The van der Waals surface area contributed by atoms with E-state index in [2.05, 4.69) is 39.5 Å². The third-order valence-corrected chi connectivity index (χ3v) is 7.65. The monoisotopic (exact) mass is 527 g/mol. The molecular weight excluding hydrogens is 490 g/mol. The number of benzene rings is 2. The molecule has 1 aromatic heterocycles. The second-order valence-electron chi connectivity index (χ2n) is 10.3. The smallest absolute Gasteiger partial charge is 0.256 e. The molecule has 2 aromatic carbocycles. The highest BCUT2D eigenvalue weighted by Gasteiger charge is 2.43. The van der Waals surface area contributed by atoms with Crippen LogP contribution in [0.2, 0.25) is 0 Å². The van der Waals surface area contributed by atoms with Crippen molar-refractivity contribution >= 4 is 11.8 Å². The number of ether oxygens (including phenoxy) is 1. The molecule has 204 valence electrons. The van der Waals surface area contributed by atoms with Crippen molar-refractivity contribution in [1.82, 2.24) is 25.0 Å². The van der Waals surface area contributed by atoms with Gasteiger partial charge in [0.2, 0.25) is 5.91 Å². The minimum absolute atomic E-state index is 0.0103. The van der Waals surface area contributed by atoms with Gasteiger partial charge in [0, 0.05) is 57.7 Å². The lowest BCUT2D eigenvalue weighted by Gasteiger charge is -2.29. The molecule has 5 rings (SSSR count). The fourth-order valence-electron chi connectivity index (χ4n) is 5.61. The van der Waals surface area contributed by atoms with E-state index in [0.29, 0.717) is 44.7 Å². The van der Waals surface area contributed by atoms with E-state index < -0.39 is 6.04 Å². The number of hydrogen-bond donors (Lipinski definition) is 1. The lowest BCUT2D eigenvalue weighted by molar-refractivity contribution is -0.135. The number of aromatic nitrogens is 1. The molecule has 2 fully saturated rings. The maximum atomic E-state index is 13.9. The van der Waals surface area contributed by atoms with E-state index in [4.69, 9.17) is 4.74 Å². The summed E-state index contributed by atoms with van der Waals surface area (Å²) < 4.78 is 5.47. The zero-order chi connectivity index (χ0) is 27.0. The van der Waals surface area contributed by atoms with Gasteiger partial charge in [-0.2, -0.15) is 0 Å². The van der Waals surface area contributed by atoms with Crippen LogP contribution in [0.3, 0.4) is 0 Å². The van der Waals surface area contributed by atoms with Gasteiger partial charge in [-0.05, 0) is 54.8 Å². The van der Waals surface area contributed by atoms with Crippen LogP contribution < -0.4 is 10.1 Å². The number of methoxy groups -OCH3 is 1. The summed E-state index contributed by atoms with van der Waals surface area (Å²) in [7, 11) is 1.67. The Labute approximate surface area is 230 Å². The average molecular weight is 528 g/mol. The van der Waals surface area contributed by atoms with Gasteiger partial charge in [0.1, 0.15) is 11.8 Å². The van der Waals surface area contributed by atoms with Crippen LogP contribution in [0.15, 0.2) is 79.1 Å². The lowest BCUT2D eigenvalue weighted by atomic mass is 10.1. The zero-order valence-electron chi connectivity index (χ0n) is 22.5. The van der Waals surface area contributed by atoms with Crippen molar-refractivity contribution in [2.75, 3.05) is 39.8 Å². The van der Waals surface area contributed by atoms with Crippen molar-refractivity contribution in [3.05, 3.63) is 95.8 Å². The lowest BCUT2D eigenvalue weighted by Crippen LogP contribution is -2.48. The molecule has 2 aliphatic heterocycles. The number of likely N-dealkylation sites (tertiary alicyclic amines) is 1. The number of carbonyl (C=O) groups is 2. The molecular formula is C31H37N5O3. The summed E-state index contributed by atoms with van der Waals surface area (Å²) in [4.78, 5) is 37.9. The van der Waals surface area contributed by atoms with Crippen LogP contribution in [-0.2, 0) is 17.9 Å². The molecule has 0 bridgehead atoms. The first-order chi connectivity index (χ1) is 19.1. The summed E-state index contributed by atoms with van der Waals surface area (Å²) in [5.41, 5.74) is 2.83. The standard InChI is InChI=1S/C31H37N5O3/c1-39-28-12-5-10-25(18-28)22-35(21-24-8-3-2-4-9-24)27-19-29(31(38)34-16-7-14-32-15-17-34)36(23-27)30(37)26-11-6-13-33-20-26/h2-6,8-13,18,20,27,29,32H,7,14-17,19,21-23H2,1H3. The first-order valence-corrected chi connectivity index (χ1v) is 13.7. The third-order valence-electron chi connectivity index (χ3n) is 7.65. The highest BCUT2D eigenvalue weighted by molar-refractivity contribution is 5.97. The van der Waals surface area contributed by atoms with Gasteiger partial charge in [-0.15, -0.1) is 0 Å². The molecule has 2 unspecified atom stereocenters. The van der Waals surface area contributed by atoms with Crippen molar-refractivity contribution < 1.29 is 14.3 Å². The molecule has 39 heavy (non-hydrogen) atoms. The van der Waals surface area contributed by atoms with Gasteiger partial charge in [0.25, 0.3) is 5.91 Å². The van der Waals surface area contributed by atoms with E-state index in [-0.39, 0.29) is 17.9 Å². The number of amides is 2. The summed E-state index contributed by atoms with van der Waals surface area (Å²) in [5.74, 6) is 0.715. The Balaban J connectivity index is 1.44. The van der Waals surface area contributed by atoms with Crippen LogP contribution in [0.4, 0.5) is 0 Å². The topological polar surface area (TPSA) is 78.0 Å². The van der Waals surface area contributed by atoms with Crippen molar-refractivity contribution in [3.63, 3.8) is 0 Å².